The first-order valence-electron chi connectivity index (χ1n) is 14.0. The van der Waals surface area contributed by atoms with Gasteiger partial charge in [-0.05, 0) is 77.6 Å². The third-order valence-corrected chi connectivity index (χ3v) is 7.66. The van der Waals surface area contributed by atoms with Crippen LogP contribution in [0.5, 0.6) is 17.2 Å². The Morgan fingerprint density at radius 1 is 1.05 bits per heavy atom. The number of hydrogen-bond acceptors (Lipinski definition) is 7. The van der Waals surface area contributed by atoms with Gasteiger partial charge >= 0.3 is 12.2 Å². The van der Waals surface area contributed by atoms with Gasteiger partial charge in [-0.2, -0.15) is 13.2 Å². The normalized spacial score (nSPS) is 14.6. The lowest BCUT2D eigenvalue weighted by Crippen LogP contribution is -2.46. The van der Waals surface area contributed by atoms with E-state index in [1.807, 2.05) is 24.3 Å². The van der Waals surface area contributed by atoms with Crippen LogP contribution in [0.15, 0.2) is 65.4 Å². The van der Waals surface area contributed by atoms with Crippen molar-refractivity contribution in [2.75, 3.05) is 33.1 Å². The Morgan fingerprint density at radius 3 is 2.50 bits per heavy atom. The molecule has 1 unspecified atom stereocenters. The van der Waals surface area contributed by atoms with E-state index < -0.39 is 23.8 Å². The number of halogens is 3. The van der Waals surface area contributed by atoms with E-state index in [-0.39, 0.29) is 6.54 Å². The molecule has 12 heteroatoms. The predicted octanol–water partition coefficient (Wildman–Crippen LogP) is 6.08. The number of hydrogen-bond donors (Lipinski definition) is 2. The highest BCUT2D eigenvalue weighted by atomic mass is 19.4. The maximum Gasteiger partial charge on any atom is 0.416 e. The van der Waals surface area contributed by atoms with Gasteiger partial charge in [0.15, 0.2) is 11.5 Å². The fourth-order valence-corrected chi connectivity index (χ4v) is 5.43. The minimum absolute atomic E-state index is 0.129. The maximum absolute atomic E-state index is 13.5. The molecule has 232 valence electrons. The van der Waals surface area contributed by atoms with Crippen LogP contribution >= 0.6 is 0 Å². The molecule has 1 aliphatic heterocycles. The number of rotatable bonds is 9. The largest absolute Gasteiger partial charge is 0.495 e. The highest BCUT2D eigenvalue weighted by molar-refractivity contribution is 5.76. The number of alkyl halides is 3. The van der Waals surface area contributed by atoms with Crippen molar-refractivity contribution in [2.45, 2.75) is 38.5 Å². The van der Waals surface area contributed by atoms with Gasteiger partial charge in [-0.1, -0.05) is 17.3 Å². The number of nitrogens with zero attached hydrogens (tertiary/aromatic N) is 2. The minimum atomic E-state index is -4.49. The zero-order valence-corrected chi connectivity index (χ0v) is 24.5. The highest BCUT2D eigenvalue weighted by Gasteiger charge is 2.36. The summed E-state index contributed by atoms with van der Waals surface area (Å²) < 4.78 is 62.5. The van der Waals surface area contributed by atoms with Crippen LogP contribution < -0.4 is 25.3 Å². The minimum Gasteiger partial charge on any atom is -0.495 e. The second kappa shape index (κ2) is 12.8. The predicted molar refractivity (Wildman–Crippen MR) is 157 cm³/mol. The summed E-state index contributed by atoms with van der Waals surface area (Å²) in [5.74, 6) is 1.56. The molecule has 1 aliphatic rings. The zero-order valence-electron chi connectivity index (χ0n) is 24.5. The average molecular weight is 611 g/mol. The Balaban J connectivity index is 1.48. The molecule has 2 heterocycles. The summed E-state index contributed by atoms with van der Waals surface area (Å²) in [6.45, 7) is 2.37. The quantitative estimate of drug-likeness (QED) is 0.221. The molecule has 4 aromatic rings. The fourth-order valence-electron chi connectivity index (χ4n) is 5.43. The Hall–Kier alpha value is -4.87. The molecular weight excluding hydrogens is 577 g/mol. The molecule has 0 aliphatic carbocycles. The van der Waals surface area contributed by atoms with Crippen LogP contribution in [0.25, 0.3) is 0 Å². The number of anilines is 1. The Bertz CT molecular complexity index is 1630. The molecule has 0 saturated carbocycles. The van der Waals surface area contributed by atoms with Crippen LogP contribution in [0.2, 0.25) is 0 Å². The SMILES string of the molecule is COc1ccc(CCOc2cc3c(cc2OC)CCN(C(=O)NCc2ccon2)C3c2ccc(C(F)(F)F)cc2C)cc1N. The molecule has 9 nitrogen and oxygen atoms in total. The van der Waals surface area contributed by atoms with E-state index in [1.165, 1.54) is 12.3 Å². The molecule has 3 N–H and O–H groups in total. The van der Waals surface area contributed by atoms with Crippen molar-refractivity contribution in [1.29, 1.82) is 0 Å². The van der Waals surface area contributed by atoms with Gasteiger partial charge in [0.05, 0.1) is 44.7 Å². The molecule has 1 atom stereocenters. The monoisotopic (exact) mass is 610 g/mol. The van der Waals surface area contributed by atoms with Crippen LogP contribution in [0.4, 0.5) is 23.7 Å². The smallest absolute Gasteiger partial charge is 0.416 e. The van der Waals surface area contributed by atoms with E-state index in [0.29, 0.717) is 65.8 Å². The van der Waals surface area contributed by atoms with Gasteiger partial charge in [-0.15, -0.1) is 0 Å². The van der Waals surface area contributed by atoms with Crippen molar-refractivity contribution in [3.63, 3.8) is 0 Å². The van der Waals surface area contributed by atoms with Crippen molar-refractivity contribution in [1.82, 2.24) is 15.4 Å². The lowest BCUT2D eigenvalue weighted by Gasteiger charge is -2.39. The first kappa shape index (κ1) is 30.6. The van der Waals surface area contributed by atoms with Gasteiger partial charge in [0.1, 0.15) is 17.7 Å². The van der Waals surface area contributed by atoms with Gasteiger partial charge in [0.2, 0.25) is 0 Å². The summed E-state index contributed by atoms with van der Waals surface area (Å²) in [4.78, 5) is 15.2. The van der Waals surface area contributed by atoms with Gasteiger partial charge in [0, 0.05) is 19.0 Å². The fraction of sp³-hybridized carbons (Fsp3) is 0.312. The maximum atomic E-state index is 13.5. The highest BCUT2D eigenvalue weighted by Crippen LogP contribution is 2.43. The van der Waals surface area contributed by atoms with Gasteiger partial charge in [-0.3, -0.25) is 0 Å². The number of aryl methyl sites for hydroxylation is 1. The molecular formula is C32H33F3N4O5. The van der Waals surface area contributed by atoms with Crippen LogP contribution in [0.1, 0.15) is 45.1 Å². The number of carbonyl (C=O) groups excluding carboxylic acids is 1. The molecule has 44 heavy (non-hydrogen) atoms. The Kier molecular flexibility index (Phi) is 8.88. The van der Waals surface area contributed by atoms with Crippen LogP contribution in [0.3, 0.4) is 0 Å². The van der Waals surface area contributed by atoms with Gasteiger partial charge in [0.25, 0.3) is 0 Å². The molecule has 3 aromatic carbocycles. The van der Waals surface area contributed by atoms with E-state index in [0.717, 1.165) is 28.8 Å². The number of carbonyl (C=O) groups is 1. The molecule has 1 aromatic heterocycles. The third kappa shape index (κ3) is 6.53. The van der Waals surface area contributed by atoms with Crippen LogP contribution in [-0.2, 0) is 25.6 Å². The zero-order chi connectivity index (χ0) is 31.4. The number of fused-ring (bicyclic) bond motifs is 1. The molecule has 2 amide bonds. The summed E-state index contributed by atoms with van der Waals surface area (Å²) >= 11 is 0. The lowest BCUT2D eigenvalue weighted by molar-refractivity contribution is -0.137. The number of nitrogens with two attached hydrogens (primary N) is 1. The number of aromatic nitrogens is 1. The van der Waals surface area contributed by atoms with E-state index in [4.69, 9.17) is 24.5 Å². The molecule has 0 fully saturated rings. The second-order valence-electron chi connectivity index (χ2n) is 10.4. The molecule has 0 spiro atoms. The summed E-state index contributed by atoms with van der Waals surface area (Å²) in [6.07, 6.45) is -2.03. The van der Waals surface area contributed by atoms with E-state index >= 15 is 0 Å². The summed E-state index contributed by atoms with van der Waals surface area (Å²) in [5.41, 5.74) is 9.92. The van der Waals surface area contributed by atoms with Crippen LogP contribution in [0, 0.1) is 6.92 Å². The topological polar surface area (TPSA) is 112 Å². The number of methoxy groups -OCH3 is 2. The number of amides is 2. The third-order valence-electron chi connectivity index (χ3n) is 7.66. The number of ether oxygens (including phenoxy) is 3. The molecule has 0 radical (unpaired) electrons. The van der Waals surface area contributed by atoms with Crippen molar-refractivity contribution >= 4 is 11.7 Å². The van der Waals surface area contributed by atoms with Gasteiger partial charge < -0.3 is 34.7 Å². The lowest BCUT2D eigenvalue weighted by atomic mass is 9.85. The first-order valence-corrected chi connectivity index (χ1v) is 14.0. The van der Waals surface area contributed by atoms with Crippen molar-refractivity contribution in [3.8, 4) is 17.2 Å². The second-order valence-corrected chi connectivity index (χ2v) is 10.4. The molecule has 0 bridgehead atoms. The Labute approximate surface area is 252 Å². The standard InChI is InChI=1S/C32H33F3N4O5/c1-19-14-22(32(33,34)35)5-6-24(19)30-25-17-29(43-12-9-20-4-7-27(41-2)26(36)15-20)28(42-3)16-21(25)8-11-39(30)31(40)37-18-23-10-13-44-38-23/h4-7,10,13-17,30H,8-9,11-12,18,36H2,1-3H3,(H,37,40). The number of benzene rings is 3. The number of urea groups is 1. The van der Waals surface area contributed by atoms with Crippen molar-refractivity contribution < 1.29 is 36.7 Å². The first-order chi connectivity index (χ1) is 21.1. The molecule has 0 saturated heterocycles. The summed E-state index contributed by atoms with van der Waals surface area (Å²) in [6, 6.07) is 13.4. The van der Waals surface area contributed by atoms with E-state index in [9.17, 15) is 18.0 Å². The average Bonchev–Trinajstić information content (AvgIpc) is 3.52. The van der Waals surface area contributed by atoms with Crippen LogP contribution in [-0.4, -0.2) is 43.5 Å². The number of nitrogen functional groups attached to an aromatic ring is 1. The van der Waals surface area contributed by atoms with Crippen molar-refractivity contribution in [3.05, 3.63) is 99.9 Å². The Morgan fingerprint density at radius 2 is 1.84 bits per heavy atom. The van der Waals surface area contributed by atoms with Crippen molar-refractivity contribution in [2.24, 2.45) is 0 Å². The summed E-state index contributed by atoms with van der Waals surface area (Å²) in [5, 5.41) is 6.68. The van der Waals surface area contributed by atoms with Gasteiger partial charge in [-0.25, -0.2) is 4.79 Å². The van der Waals surface area contributed by atoms with E-state index in [2.05, 4.69) is 10.5 Å². The summed E-state index contributed by atoms with van der Waals surface area (Å²) in [7, 11) is 3.10. The number of nitrogens with one attached hydrogen (secondary N) is 1. The van der Waals surface area contributed by atoms with E-state index in [1.54, 1.807) is 38.2 Å². The molecule has 5 rings (SSSR count).